The van der Waals surface area contributed by atoms with Gasteiger partial charge in [0, 0.05) is 5.39 Å². The number of hydrogen-bond acceptors (Lipinski definition) is 3. The molecule has 2 heterocycles. The number of benzene rings is 1. The van der Waals surface area contributed by atoms with Gasteiger partial charge in [0.15, 0.2) is 17.5 Å². The molecule has 0 spiro atoms. The van der Waals surface area contributed by atoms with Crippen LogP contribution >= 0.6 is 0 Å². The van der Waals surface area contributed by atoms with Crippen molar-refractivity contribution >= 4 is 22.5 Å². The number of hydrogen-bond donors (Lipinski definition) is 2. The second kappa shape index (κ2) is 3.35. The van der Waals surface area contributed by atoms with E-state index in [1.807, 2.05) is 18.2 Å². The van der Waals surface area contributed by atoms with Crippen molar-refractivity contribution < 1.29 is 9.53 Å². The summed E-state index contributed by atoms with van der Waals surface area (Å²) in [6.45, 7) is 1.65. The fraction of sp³-hybridized carbons (Fsp3) is 0.167. The molecule has 1 unspecified atom stereocenters. The van der Waals surface area contributed by atoms with Crippen molar-refractivity contribution in [1.82, 2.24) is 4.98 Å². The van der Waals surface area contributed by atoms with Crippen molar-refractivity contribution in [3.63, 3.8) is 0 Å². The van der Waals surface area contributed by atoms with Crippen molar-refractivity contribution in [2.24, 2.45) is 0 Å². The molecular weight excluding hydrogens is 220 g/mol. The molecule has 2 N–H and O–H groups in total. The van der Waals surface area contributed by atoms with Crippen molar-refractivity contribution in [3.8, 4) is 5.75 Å². The average Bonchev–Trinajstić information content (AvgIpc) is 2.32. The molecule has 5 heteroatoms. The number of aromatic nitrogens is 1. The van der Waals surface area contributed by atoms with Crippen LogP contribution in [0.4, 0.5) is 5.69 Å². The van der Waals surface area contributed by atoms with Crippen molar-refractivity contribution in [2.75, 3.05) is 5.32 Å². The van der Waals surface area contributed by atoms with Gasteiger partial charge in [0.05, 0.1) is 5.52 Å². The first-order valence-corrected chi connectivity index (χ1v) is 5.29. The zero-order valence-corrected chi connectivity index (χ0v) is 9.11. The molecule has 0 saturated heterocycles. The summed E-state index contributed by atoms with van der Waals surface area (Å²) in [5.74, 6) is 0.134. The van der Waals surface area contributed by atoms with Crippen LogP contribution in [-0.4, -0.2) is 17.0 Å². The van der Waals surface area contributed by atoms with E-state index < -0.39 is 6.10 Å². The van der Waals surface area contributed by atoms with Crippen molar-refractivity contribution in [3.05, 3.63) is 34.6 Å². The van der Waals surface area contributed by atoms with Crippen LogP contribution in [0.2, 0.25) is 0 Å². The second-order valence-electron chi connectivity index (χ2n) is 3.95. The van der Waals surface area contributed by atoms with Crippen LogP contribution in [0.25, 0.3) is 10.9 Å². The number of pyridine rings is 1. The van der Waals surface area contributed by atoms with Crippen LogP contribution in [0.1, 0.15) is 6.92 Å². The number of nitrogens with one attached hydrogen (secondary N) is 2. The number of fused-ring (bicyclic) bond motifs is 3. The van der Waals surface area contributed by atoms with Gasteiger partial charge in [-0.1, -0.05) is 12.1 Å². The molecule has 86 valence electrons. The smallest absolute Gasteiger partial charge is 0.276 e. The third-order valence-corrected chi connectivity index (χ3v) is 2.79. The Morgan fingerprint density at radius 2 is 2.00 bits per heavy atom. The molecule has 0 aliphatic carbocycles. The second-order valence-corrected chi connectivity index (χ2v) is 3.95. The Labute approximate surface area is 96.4 Å². The monoisotopic (exact) mass is 230 g/mol. The summed E-state index contributed by atoms with van der Waals surface area (Å²) < 4.78 is 5.51. The summed E-state index contributed by atoms with van der Waals surface area (Å²) in [5.41, 5.74) is 0.533. The SMILES string of the molecule is CC1Oc2c(c(=O)[nH]c3ccccc23)NC1=O. The fourth-order valence-corrected chi connectivity index (χ4v) is 1.90. The number of carbonyl (C=O) groups is 1. The lowest BCUT2D eigenvalue weighted by Gasteiger charge is -2.23. The first kappa shape index (κ1) is 9.89. The predicted octanol–water partition coefficient (Wildman–Crippen LogP) is 1.25. The number of aromatic amines is 1. The zero-order chi connectivity index (χ0) is 12.0. The molecule has 0 bridgehead atoms. The molecule has 1 aliphatic rings. The van der Waals surface area contributed by atoms with Crippen LogP contribution in [-0.2, 0) is 4.79 Å². The van der Waals surface area contributed by atoms with Gasteiger partial charge in [-0.3, -0.25) is 9.59 Å². The minimum atomic E-state index is -0.590. The van der Waals surface area contributed by atoms with Gasteiger partial charge in [0.25, 0.3) is 11.5 Å². The highest BCUT2D eigenvalue weighted by Crippen LogP contribution is 2.33. The Hall–Kier alpha value is -2.30. The summed E-state index contributed by atoms with van der Waals surface area (Å²) in [4.78, 5) is 25.9. The van der Waals surface area contributed by atoms with Gasteiger partial charge < -0.3 is 15.0 Å². The van der Waals surface area contributed by atoms with Gasteiger partial charge in [-0.2, -0.15) is 0 Å². The number of rotatable bonds is 0. The lowest BCUT2D eigenvalue weighted by atomic mass is 10.1. The van der Waals surface area contributed by atoms with E-state index in [4.69, 9.17) is 4.74 Å². The van der Waals surface area contributed by atoms with Gasteiger partial charge in [-0.05, 0) is 19.1 Å². The Balaban J connectivity index is 2.37. The van der Waals surface area contributed by atoms with E-state index in [1.54, 1.807) is 13.0 Å². The normalized spacial score (nSPS) is 18.4. The molecule has 0 fully saturated rings. The van der Waals surface area contributed by atoms with Crippen LogP contribution in [0, 0.1) is 0 Å². The van der Waals surface area contributed by atoms with Crippen LogP contribution in [0.15, 0.2) is 29.1 Å². The lowest BCUT2D eigenvalue weighted by Crippen LogP contribution is -2.37. The maximum Gasteiger partial charge on any atom is 0.276 e. The van der Waals surface area contributed by atoms with E-state index in [0.717, 1.165) is 5.39 Å². The fourth-order valence-electron chi connectivity index (χ4n) is 1.90. The molecule has 1 aromatic heterocycles. The van der Waals surface area contributed by atoms with E-state index >= 15 is 0 Å². The highest BCUT2D eigenvalue weighted by atomic mass is 16.5. The number of ether oxygens (including phenoxy) is 1. The Bertz CT molecular complexity index is 675. The lowest BCUT2D eigenvalue weighted by molar-refractivity contribution is -0.122. The molecule has 0 saturated carbocycles. The highest BCUT2D eigenvalue weighted by Gasteiger charge is 2.27. The summed E-state index contributed by atoms with van der Waals surface area (Å²) in [5, 5.41) is 3.35. The Kier molecular flexibility index (Phi) is 1.95. The first-order chi connectivity index (χ1) is 8.16. The standard InChI is InChI=1S/C12H10N2O3/c1-6-11(15)14-9-10(17-6)7-4-2-3-5-8(7)13-12(9)16/h2-6H,1H3,(H,13,16)(H,14,15). The molecular formula is C12H10N2O3. The predicted molar refractivity (Wildman–Crippen MR) is 63.3 cm³/mol. The van der Waals surface area contributed by atoms with Crippen LogP contribution in [0.5, 0.6) is 5.75 Å². The molecule has 3 rings (SSSR count). The first-order valence-electron chi connectivity index (χ1n) is 5.29. The molecule has 17 heavy (non-hydrogen) atoms. The van der Waals surface area contributed by atoms with Gasteiger partial charge in [0.1, 0.15) is 0 Å². The number of amides is 1. The Morgan fingerprint density at radius 3 is 2.82 bits per heavy atom. The minimum Gasteiger partial charge on any atom is -0.478 e. The van der Waals surface area contributed by atoms with Gasteiger partial charge in [-0.25, -0.2) is 0 Å². The number of H-pyrrole nitrogens is 1. The largest absolute Gasteiger partial charge is 0.478 e. The van der Waals surface area contributed by atoms with Crippen LogP contribution < -0.4 is 15.6 Å². The average molecular weight is 230 g/mol. The van der Waals surface area contributed by atoms with Crippen molar-refractivity contribution in [1.29, 1.82) is 0 Å². The van der Waals surface area contributed by atoms with E-state index in [2.05, 4.69) is 10.3 Å². The highest BCUT2D eigenvalue weighted by molar-refractivity contribution is 6.02. The van der Waals surface area contributed by atoms with Crippen molar-refractivity contribution in [2.45, 2.75) is 13.0 Å². The molecule has 1 atom stereocenters. The van der Waals surface area contributed by atoms with Gasteiger partial charge in [-0.15, -0.1) is 0 Å². The summed E-state index contributed by atoms with van der Waals surface area (Å²) in [6, 6.07) is 7.32. The summed E-state index contributed by atoms with van der Waals surface area (Å²) in [7, 11) is 0. The summed E-state index contributed by atoms with van der Waals surface area (Å²) in [6.07, 6.45) is -0.590. The Morgan fingerprint density at radius 1 is 1.24 bits per heavy atom. The van der Waals surface area contributed by atoms with Gasteiger partial charge >= 0.3 is 0 Å². The van der Waals surface area contributed by atoms with Crippen LogP contribution in [0.3, 0.4) is 0 Å². The number of anilines is 1. The number of para-hydroxylation sites is 1. The maximum absolute atomic E-state index is 11.8. The van der Waals surface area contributed by atoms with E-state index in [1.165, 1.54) is 0 Å². The molecule has 0 radical (unpaired) electrons. The molecule has 1 aliphatic heterocycles. The third kappa shape index (κ3) is 1.39. The topological polar surface area (TPSA) is 71.2 Å². The van der Waals surface area contributed by atoms with E-state index in [9.17, 15) is 9.59 Å². The van der Waals surface area contributed by atoms with E-state index in [0.29, 0.717) is 11.3 Å². The molecule has 5 nitrogen and oxygen atoms in total. The molecule has 1 aromatic carbocycles. The molecule has 2 aromatic rings. The van der Waals surface area contributed by atoms with Gasteiger partial charge in [0.2, 0.25) is 0 Å². The quantitative estimate of drug-likeness (QED) is 0.715. The molecule has 1 amide bonds. The maximum atomic E-state index is 11.8. The zero-order valence-electron chi connectivity index (χ0n) is 9.11. The third-order valence-electron chi connectivity index (χ3n) is 2.79. The number of carbonyl (C=O) groups excluding carboxylic acids is 1. The van der Waals surface area contributed by atoms with E-state index in [-0.39, 0.29) is 17.2 Å². The minimum absolute atomic E-state index is 0.187. The summed E-state index contributed by atoms with van der Waals surface area (Å²) >= 11 is 0.